The highest BCUT2D eigenvalue weighted by atomic mass is 32.2. The summed E-state index contributed by atoms with van der Waals surface area (Å²) in [6, 6.07) is -0.851. The van der Waals surface area contributed by atoms with Gasteiger partial charge in [0.15, 0.2) is 0 Å². The van der Waals surface area contributed by atoms with Crippen molar-refractivity contribution in [1.29, 1.82) is 0 Å². The van der Waals surface area contributed by atoms with E-state index in [1.807, 2.05) is 0 Å². The number of hydrogen-bond acceptors (Lipinski definition) is 4. The zero-order chi connectivity index (χ0) is 15.9. The Bertz CT molecular complexity index is 466. The molecule has 1 fully saturated rings. The van der Waals surface area contributed by atoms with E-state index in [9.17, 15) is 23.1 Å². The van der Waals surface area contributed by atoms with E-state index in [0.717, 1.165) is 25.5 Å². The summed E-state index contributed by atoms with van der Waals surface area (Å²) in [5.41, 5.74) is 0. The molecule has 0 saturated heterocycles. The van der Waals surface area contributed by atoms with Crippen molar-refractivity contribution in [3.8, 4) is 0 Å². The molecular weight excluding hydrogens is 298 g/mol. The molecule has 0 aliphatic heterocycles. The first-order chi connectivity index (χ1) is 9.79. The fourth-order valence-electron chi connectivity index (χ4n) is 2.41. The number of hydrogen-bond donors (Lipinski definition) is 4. The zero-order valence-electron chi connectivity index (χ0n) is 12.1. The minimum absolute atomic E-state index is 0.0965. The molecule has 122 valence electrons. The van der Waals surface area contributed by atoms with Crippen LogP contribution in [0.4, 0.5) is 4.79 Å². The molecule has 9 heteroatoms. The normalized spacial score (nSPS) is 23.1. The number of nitrogens with one attached hydrogen (secondary N) is 3. The van der Waals surface area contributed by atoms with Gasteiger partial charge in [-0.2, -0.15) is 0 Å². The van der Waals surface area contributed by atoms with E-state index in [1.54, 1.807) is 0 Å². The Balaban J connectivity index is 2.38. The molecular formula is C12H23N3O5S. The minimum atomic E-state index is -3.27. The van der Waals surface area contributed by atoms with Crippen molar-refractivity contribution in [2.45, 2.75) is 38.1 Å². The van der Waals surface area contributed by atoms with E-state index in [1.165, 1.54) is 0 Å². The molecule has 0 aromatic carbocycles. The molecule has 0 aromatic heterocycles. The van der Waals surface area contributed by atoms with Crippen LogP contribution in [0.2, 0.25) is 0 Å². The number of rotatable bonds is 6. The number of carboxylic acid groups (broad SMARTS) is 1. The Kier molecular flexibility index (Phi) is 6.90. The molecule has 1 rings (SSSR count). The fourth-order valence-corrected chi connectivity index (χ4v) is 2.88. The van der Waals surface area contributed by atoms with Crippen LogP contribution in [0.3, 0.4) is 0 Å². The second-order valence-corrected chi connectivity index (χ2v) is 7.09. The van der Waals surface area contributed by atoms with Crippen molar-refractivity contribution in [1.82, 2.24) is 15.4 Å². The van der Waals surface area contributed by atoms with Gasteiger partial charge in [0.25, 0.3) is 0 Å². The number of carboxylic acids is 1. The molecule has 2 atom stereocenters. The number of amides is 2. The van der Waals surface area contributed by atoms with Crippen LogP contribution in [0, 0.1) is 5.92 Å². The maximum atomic E-state index is 11.7. The standard InChI is InChI=1S/C12H23N3O5S/c1-21(19,20)14-8-7-13-12(18)15-10-6-4-2-3-5-9(10)11(16)17/h9-10,14H,2-8H2,1H3,(H,16,17)(H2,13,15,18). The lowest BCUT2D eigenvalue weighted by atomic mass is 9.95. The van der Waals surface area contributed by atoms with Gasteiger partial charge in [0.2, 0.25) is 10.0 Å². The number of aliphatic carboxylic acids is 1. The molecule has 0 radical (unpaired) electrons. The van der Waals surface area contributed by atoms with Crippen LogP contribution in [0.1, 0.15) is 32.1 Å². The molecule has 0 bridgehead atoms. The van der Waals surface area contributed by atoms with E-state index in [2.05, 4.69) is 15.4 Å². The molecule has 21 heavy (non-hydrogen) atoms. The third-order valence-corrected chi connectivity index (χ3v) is 4.15. The number of urea groups is 1. The van der Waals surface area contributed by atoms with E-state index < -0.39 is 27.9 Å². The summed E-state index contributed by atoms with van der Waals surface area (Å²) < 4.78 is 23.9. The van der Waals surface area contributed by atoms with Crippen molar-refractivity contribution >= 4 is 22.0 Å². The largest absolute Gasteiger partial charge is 0.481 e. The van der Waals surface area contributed by atoms with Crippen LogP contribution in [0.25, 0.3) is 0 Å². The van der Waals surface area contributed by atoms with Crippen LogP contribution >= 0.6 is 0 Å². The quantitative estimate of drug-likeness (QED) is 0.400. The predicted molar refractivity (Wildman–Crippen MR) is 77.4 cm³/mol. The highest BCUT2D eigenvalue weighted by molar-refractivity contribution is 7.88. The van der Waals surface area contributed by atoms with E-state index in [-0.39, 0.29) is 19.1 Å². The van der Waals surface area contributed by atoms with Gasteiger partial charge < -0.3 is 15.7 Å². The van der Waals surface area contributed by atoms with Gasteiger partial charge in [0.1, 0.15) is 0 Å². The topological polar surface area (TPSA) is 125 Å². The minimum Gasteiger partial charge on any atom is -0.481 e. The summed E-state index contributed by atoms with van der Waals surface area (Å²) in [6.07, 6.45) is 4.97. The lowest BCUT2D eigenvalue weighted by molar-refractivity contribution is -0.142. The molecule has 2 unspecified atom stereocenters. The summed E-state index contributed by atoms with van der Waals surface area (Å²) in [4.78, 5) is 22.9. The van der Waals surface area contributed by atoms with Crippen LogP contribution in [-0.2, 0) is 14.8 Å². The molecule has 1 aliphatic carbocycles. The van der Waals surface area contributed by atoms with Crippen LogP contribution in [0.15, 0.2) is 0 Å². The second kappa shape index (κ2) is 8.18. The Morgan fingerprint density at radius 2 is 1.81 bits per heavy atom. The summed E-state index contributed by atoms with van der Waals surface area (Å²) in [5, 5.41) is 14.4. The second-order valence-electron chi connectivity index (χ2n) is 5.26. The average Bonchev–Trinajstić information content (AvgIpc) is 2.59. The SMILES string of the molecule is CS(=O)(=O)NCCNC(=O)NC1CCCCCC1C(=O)O. The highest BCUT2D eigenvalue weighted by Crippen LogP contribution is 2.23. The smallest absolute Gasteiger partial charge is 0.315 e. The highest BCUT2D eigenvalue weighted by Gasteiger charge is 2.30. The van der Waals surface area contributed by atoms with Crippen molar-refractivity contribution in [3.05, 3.63) is 0 Å². The molecule has 0 aromatic rings. The number of carbonyl (C=O) groups is 2. The Labute approximate surface area is 124 Å². The van der Waals surface area contributed by atoms with E-state index >= 15 is 0 Å². The van der Waals surface area contributed by atoms with Gasteiger partial charge in [-0.25, -0.2) is 17.9 Å². The third kappa shape index (κ3) is 7.28. The van der Waals surface area contributed by atoms with Gasteiger partial charge in [-0.05, 0) is 12.8 Å². The van der Waals surface area contributed by atoms with Crippen LogP contribution in [0.5, 0.6) is 0 Å². The van der Waals surface area contributed by atoms with Gasteiger partial charge >= 0.3 is 12.0 Å². The fraction of sp³-hybridized carbons (Fsp3) is 0.833. The van der Waals surface area contributed by atoms with Crippen molar-refractivity contribution < 1.29 is 23.1 Å². The molecule has 1 aliphatic rings. The summed E-state index contributed by atoms with van der Waals surface area (Å²) in [5.74, 6) is -1.45. The summed E-state index contributed by atoms with van der Waals surface area (Å²) in [6.45, 7) is 0.239. The molecule has 0 spiro atoms. The van der Waals surface area contributed by atoms with Crippen LogP contribution in [-0.4, -0.2) is 50.9 Å². The van der Waals surface area contributed by atoms with Crippen molar-refractivity contribution in [2.24, 2.45) is 5.92 Å². The molecule has 8 nitrogen and oxygen atoms in total. The maximum absolute atomic E-state index is 11.7. The zero-order valence-corrected chi connectivity index (χ0v) is 12.9. The van der Waals surface area contributed by atoms with Gasteiger partial charge in [0, 0.05) is 19.1 Å². The summed E-state index contributed by atoms with van der Waals surface area (Å²) >= 11 is 0. The molecule has 4 N–H and O–H groups in total. The lowest BCUT2D eigenvalue weighted by Gasteiger charge is -2.23. The van der Waals surface area contributed by atoms with Crippen molar-refractivity contribution in [3.63, 3.8) is 0 Å². The van der Waals surface area contributed by atoms with E-state index in [4.69, 9.17) is 0 Å². The van der Waals surface area contributed by atoms with Gasteiger partial charge in [0.05, 0.1) is 12.2 Å². The Hall–Kier alpha value is -1.35. The monoisotopic (exact) mass is 321 g/mol. The first-order valence-electron chi connectivity index (χ1n) is 7.01. The Morgan fingerprint density at radius 1 is 1.14 bits per heavy atom. The van der Waals surface area contributed by atoms with Crippen molar-refractivity contribution in [2.75, 3.05) is 19.3 Å². The molecule has 0 heterocycles. The lowest BCUT2D eigenvalue weighted by Crippen LogP contribution is -2.48. The Morgan fingerprint density at radius 3 is 2.43 bits per heavy atom. The first kappa shape index (κ1) is 17.7. The molecule has 2 amide bonds. The van der Waals surface area contributed by atoms with E-state index in [0.29, 0.717) is 12.8 Å². The third-order valence-electron chi connectivity index (χ3n) is 3.42. The van der Waals surface area contributed by atoms with Gasteiger partial charge in [-0.1, -0.05) is 19.3 Å². The first-order valence-corrected chi connectivity index (χ1v) is 8.90. The summed E-state index contributed by atoms with van der Waals surface area (Å²) in [7, 11) is -3.27. The number of carbonyl (C=O) groups excluding carboxylic acids is 1. The van der Waals surface area contributed by atoms with Gasteiger partial charge in [-0.3, -0.25) is 4.79 Å². The molecule has 1 saturated carbocycles. The predicted octanol–water partition coefficient (Wildman–Crippen LogP) is -0.132. The average molecular weight is 321 g/mol. The van der Waals surface area contributed by atoms with Crippen LogP contribution < -0.4 is 15.4 Å². The number of sulfonamides is 1. The van der Waals surface area contributed by atoms with Gasteiger partial charge in [-0.15, -0.1) is 0 Å². The maximum Gasteiger partial charge on any atom is 0.315 e.